The first-order chi connectivity index (χ1) is 22.1. The van der Waals surface area contributed by atoms with Crippen molar-refractivity contribution in [1.29, 1.82) is 0 Å². The van der Waals surface area contributed by atoms with Crippen LogP contribution < -0.4 is 15.5 Å². The number of thiophene rings is 1. The second kappa shape index (κ2) is 13.2. The van der Waals surface area contributed by atoms with Gasteiger partial charge in [-0.2, -0.15) is 11.3 Å². The number of aromatic nitrogens is 2. The second-order valence-corrected chi connectivity index (χ2v) is 13.4. The average molecular weight is 638 g/mol. The number of β-amino-alcohol motifs (C(OH)–C–C–N with tert-alkyl or cyclic N) is 1. The third-order valence-corrected chi connectivity index (χ3v) is 9.14. The monoisotopic (exact) mass is 637 g/mol. The molecule has 238 valence electrons. The molecule has 0 bridgehead atoms. The molecule has 2 atom stereocenters. The molecule has 0 saturated carbocycles. The lowest BCUT2D eigenvalue weighted by Gasteiger charge is -2.29. The van der Waals surface area contributed by atoms with Gasteiger partial charge in [0, 0.05) is 42.1 Å². The van der Waals surface area contributed by atoms with Crippen molar-refractivity contribution in [3.8, 4) is 22.6 Å². The van der Waals surface area contributed by atoms with E-state index in [2.05, 4.69) is 56.5 Å². The molecule has 3 N–H and O–H groups in total. The molecule has 2 amide bonds. The summed E-state index contributed by atoms with van der Waals surface area (Å²) in [5, 5.41) is 30.5. The highest BCUT2D eigenvalue weighted by molar-refractivity contribution is 7.08. The molecule has 1 aliphatic heterocycles. The summed E-state index contributed by atoms with van der Waals surface area (Å²) >= 11 is 1.58. The number of carbonyl (C=O) groups excluding carboxylic acids is 2. The number of benzene rings is 3. The van der Waals surface area contributed by atoms with Gasteiger partial charge in [-0.15, -0.1) is 10.2 Å². The molecular formula is C36H39N5O4S. The van der Waals surface area contributed by atoms with Crippen molar-refractivity contribution in [3.05, 3.63) is 88.4 Å². The van der Waals surface area contributed by atoms with Gasteiger partial charge in [0.1, 0.15) is 6.04 Å². The highest BCUT2D eigenvalue weighted by atomic mass is 32.1. The molecule has 0 radical (unpaired) electrons. The van der Waals surface area contributed by atoms with E-state index in [4.69, 9.17) is 4.42 Å². The Kier molecular flexibility index (Phi) is 9.04. The predicted molar refractivity (Wildman–Crippen MR) is 182 cm³/mol. The van der Waals surface area contributed by atoms with Crippen molar-refractivity contribution in [3.63, 3.8) is 0 Å². The number of rotatable bonds is 10. The summed E-state index contributed by atoms with van der Waals surface area (Å²) in [7, 11) is 0. The Morgan fingerprint density at radius 1 is 1.09 bits per heavy atom. The molecule has 3 heterocycles. The number of anilines is 1. The van der Waals surface area contributed by atoms with Gasteiger partial charge in [0.05, 0.1) is 18.2 Å². The molecule has 9 nitrogen and oxygen atoms in total. The molecule has 1 unspecified atom stereocenters. The van der Waals surface area contributed by atoms with E-state index in [-0.39, 0.29) is 18.2 Å². The number of hydrogen-bond donors (Lipinski definition) is 3. The Bertz CT molecular complexity index is 1860. The minimum Gasteiger partial charge on any atom is -0.421 e. The molecular weight excluding hydrogens is 598 g/mol. The number of aryl methyl sites for hydroxylation is 2. The molecule has 0 fully saturated rings. The van der Waals surface area contributed by atoms with Crippen molar-refractivity contribution in [2.75, 3.05) is 11.4 Å². The van der Waals surface area contributed by atoms with Crippen molar-refractivity contribution in [1.82, 2.24) is 20.8 Å². The zero-order valence-corrected chi connectivity index (χ0v) is 27.4. The largest absolute Gasteiger partial charge is 0.421 e. The van der Waals surface area contributed by atoms with Gasteiger partial charge >= 0.3 is 0 Å². The van der Waals surface area contributed by atoms with Crippen LogP contribution in [0.1, 0.15) is 50.6 Å². The predicted octanol–water partition coefficient (Wildman–Crippen LogP) is 6.03. The van der Waals surface area contributed by atoms with E-state index in [1.807, 2.05) is 54.5 Å². The van der Waals surface area contributed by atoms with Gasteiger partial charge in [0.15, 0.2) is 0 Å². The van der Waals surface area contributed by atoms with Crippen molar-refractivity contribution >= 4 is 39.6 Å². The molecule has 1 aliphatic rings. The number of fused-ring (bicyclic) bond motifs is 3. The van der Waals surface area contributed by atoms with E-state index >= 15 is 0 Å². The molecule has 0 saturated heterocycles. The van der Waals surface area contributed by atoms with Gasteiger partial charge < -0.3 is 25.1 Å². The third kappa shape index (κ3) is 6.89. The van der Waals surface area contributed by atoms with E-state index in [0.29, 0.717) is 37.7 Å². The molecule has 6 rings (SSSR count). The number of hydrogen-bond acceptors (Lipinski definition) is 8. The van der Waals surface area contributed by atoms with E-state index < -0.39 is 17.7 Å². The Morgan fingerprint density at radius 2 is 1.85 bits per heavy atom. The summed E-state index contributed by atoms with van der Waals surface area (Å²) in [5.74, 6) is 0.675. The zero-order chi connectivity index (χ0) is 32.4. The van der Waals surface area contributed by atoms with Crippen LogP contribution in [0.25, 0.3) is 33.4 Å². The van der Waals surface area contributed by atoms with Crippen LogP contribution >= 0.6 is 11.3 Å². The van der Waals surface area contributed by atoms with Crippen LogP contribution in [0.15, 0.2) is 75.8 Å². The minimum absolute atomic E-state index is 0.131. The zero-order valence-electron chi connectivity index (χ0n) is 26.5. The topological polar surface area (TPSA) is 121 Å². The van der Waals surface area contributed by atoms with Crippen LogP contribution in [0.5, 0.6) is 0 Å². The molecule has 5 aromatic rings. The van der Waals surface area contributed by atoms with E-state index in [1.165, 1.54) is 0 Å². The van der Waals surface area contributed by atoms with E-state index in [9.17, 15) is 14.7 Å². The fourth-order valence-electron chi connectivity index (χ4n) is 6.05. The first kappa shape index (κ1) is 31.6. The Hall–Kier alpha value is -4.38. The van der Waals surface area contributed by atoms with Gasteiger partial charge in [0.2, 0.25) is 23.6 Å². The van der Waals surface area contributed by atoms with E-state index in [0.717, 1.165) is 44.3 Å². The molecule has 46 heavy (non-hydrogen) atoms. The normalized spacial score (nSPS) is 15.9. The van der Waals surface area contributed by atoms with Crippen molar-refractivity contribution in [2.45, 2.75) is 71.2 Å². The maximum atomic E-state index is 14.3. The Morgan fingerprint density at radius 3 is 2.59 bits per heavy atom. The maximum absolute atomic E-state index is 14.3. The van der Waals surface area contributed by atoms with Gasteiger partial charge in [-0.25, -0.2) is 0 Å². The highest BCUT2D eigenvalue weighted by Gasteiger charge is 2.33. The summed E-state index contributed by atoms with van der Waals surface area (Å²) in [6.07, 6.45) is 0.805. The van der Waals surface area contributed by atoms with Gasteiger partial charge in [-0.3, -0.25) is 9.59 Å². The number of nitrogens with zero attached hydrogens (tertiary/aromatic N) is 3. The summed E-state index contributed by atoms with van der Waals surface area (Å²) in [5.41, 5.74) is 5.33. The van der Waals surface area contributed by atoms with Crippen LogP contribution in [0.2, 0.25) is 0 Å². The Balaban J connectivity index is 1.27. The summed E-state index contributed by atoms with van der Waals surface area (Å²) < 4.78 is 5.68. The lowest BCUT2D eigenvalue weighted by molar-refractivity contribution is -0.128. The lowest BCUT2D eigenvalue weighted by atomic mass is 9.97. The van der Waals surface area contributed by atoms with Crippen LogP contribution in [0.3, 0.4) is 0 Å². The molecule has 2 aromatic heterocycles. The average Bonchev–Trinajstić information content (AvgIpc) is 3.67. The molecule has 0 spiro atoms. The highest BCUT2D eigenvalue weighted by Crippen LogP contribution is 2.37. The Labute approximate surface area is 272 Å². The molecule has 3 aromatic carbocycles. The van der Waals surface area contributed by atoms with Crippen LogP contribution in [-0.2, 0) is 22.6 Å². The molecule has 10 heteroatoms. The summed E-state index contributed by atoms with van der Waals surface area (Å²) in [6, 6.07) is 19.8. The molecule has 0 aliphatic carbocycles. The van der Waals surface area contributed by atoms with Crippen LogP contribution in [0, 0.1) is 6.92 Å². The lowest BCUT2D eigenvalue weighted by Crippen LogP contribution is -2.51. The van der Waals surface area contributed by atoms with Gasteiger partial charge in [-0.1, -0.05) is 54.6 Å². The number of amides is 2. The van der Waals surface area contributed by atoms with Crippen LogP contribution in [-0.4, -0.2) is 51.3 Å². The smallest absolute Gasteiger partial charge is 0.249 e. The number of nitrogens with one attached hydrogen (secondary N) is 2. The van der Waals surface area contributed by atoms with Crippen molar-refractivity contribution in [2.24, 2.45) is 0 Å². The minimum atomic E-state index is -0.670. The van der Waals surface area contributed by atoms with Crippen molar-refractivity contribution < 1.29 is 19.1 Å². The number of aliphatic hydroxyl groups is 1. The first-order valence-corrected chi connectivity index (χ1v) is 16.5. The number of carbonyl (C=O) groups is 2. The van der Waals surface area contributed by atoms with Gasteiger partial charge in [-0.05, 0) is 72.5 Å². The maximum Gasteiger partial charge on any atom is 0.249 e. The fraction of sp³-hybridized carbons (Fsp3) is 0.333. The fourth-order valence-corrected chi connectivity index (χ4v) is 6.88. The third-order valence-electron chi connectivity index (χ3n) is 8.39. The SMILES string of the molecule is Cc1nnc(-c2cscc2-c2ccc(CN3C(=O)C(NC(=O)CC(C)(C)NC[C@@H](C)O)CCc4c3ccc3ccccc43)cc2)o1. The first-order valence-electron chi connectivity index (χ1n) is 15.6. The number of aliphatic hydroxyl groups excluding tert-OH is 1. The summed E-state index contributed by atoms with van der Waals surface area (Å²) in [6.45, 7) is 8.05. The quantitative estimate of drug-likeness (QED) is 0.171. The standard InChI is InChI=1S/C36H39N5O4S/c1-22(42)18-37-36(3,4)17-33(43)38-31-15-14-28-27-8-6-5-7-25(27)13-16-32(28)41(35(31)44)19-24-9-11-26(12-10-24)29-20-46-21-30(29)34-40-39-23(2)45-34/h5-13,16,20-22,31,37,42H,14-15,17-19H2,1-4H3,(H,38,43)/t22-,31?/m1/s1. The second-order valence-electron chi connectivity index (χ2n) is 12.7. The summed E-state index contributed by atoms with van der Waals surface area (Å²) in [4.78, 5) is 29.3. The van der Waals surface area contributed by atoms with E-state index in [1.54, 1.807) is 25.2 Å². The van der Waals surface area contributed by atoms with Gasteiger partial charge in [0.25, 0.3) is 0 Å². The van der Waals surface area contributed by atoms with Crippen LogP contribution in [0.4, 0.5) is 5.69 Å².